The lowest BCUT2D eigenvalue weighted by Crippen LogP contribution is -2.01. The van der Waals surface area contributed by atoms with Crippen molar-refractivity contribution >= 4 is 56.4 Å². The second-order valence-electron chi connectivity index (χ2n) is 4.07. The van der Waals surface area contributed by atoms with Crippen LogP contribution in [0.15, 0.2) is 34.8 Å². The predicted octanol–water partition coefficient (Wildman–Crippen LogP) is 6.03. The van der Waals surface area contributed by atoms with Gasteiger partial charge in [-0.2, -0.15) is 0 Å². The summed E-state index contributed by atoms with van der Waals surface area (Å²) in [6, 6.07) is 9.15. The number of hydrogen-bond acceptors (Lipinski definition) is 2. The van der Waals surface area contributed by atoms with Gasteiger partial charge in [0, 0.05) is 11.6 Å². The number of hydrogen-bond donors (Lipinski definition) is 1. The van der Waals surface area contributed by atoms with E-state index in [1.54, 1.807) is 19.2 Å². The maximum atomic E-state index is 6.12. The summed E-state index contributed by atoms with van der Waals surface area (Å²) in [5.41, 5.74) is 1.74. The Morgan fingerprint density at radius 2 is 1.75 bits per heavy atom. The van der Waals surface area contributed by atoms with E-state index < -0.39 is 0 Å². The summed E-state index contributed by atoms with van der Waals surface area (Å²) in [7, 11) is 1.63. The average molecular weight is 396 g/mol. The molecule has 20 heavy (non-hydrogen) atoms. The molecule has 0 saturated carbocycles. The topological polar surface area (TPSA) is 21.3 Å². The van der Waals surface area contributed by atoms with Gasteiger partial charge in [0.2, 0.25) is 0 Å². The summed E-state index contributed by atoms with van der Waals surface area (Å²) in [5, 5.41) is 4.71. The molecule has 106 valence electrons. The maximum absolute atomic E-state index is 6.12. The number of ether oxygens (including phenoxy) is 1. The molecule has 1 N–H and O–H groups in total. The highest BCUT2D eigenvalue weighted by molar-refractivity contribution is 9.10. The molecular weight excluding hydrogens is 384 g/mol. The van der Waals surface area contributed by atoms with Crippen LogP contribution in [-0.2, 0) is 6.54 Å². The summed E-state index contributed by atoms with van der Waals surface area (Å²) < 4.78 is 6.09. The van der Waals surface area contributed by atoms with Crippen molar-refractivity contribution in [1.82, 2.24) is 0 Å². The molecule has 0 fully saturated rings. The maximum Gasteiger partial charge on any atom is 0.133 e. The van der Waals surface area contributed by atoms with Crippen molar-refractivity contribution in [2.24, 2.45) is 0 Å². The zero-order chi connectivity index (χ0) is 14.7. The number of anilines is 1. The number of rotatable bonds is 4. The van der Waals surface area contributed by atoms with Gasteiger partial charge in [-0.3, -0.25) is 0 Å². The highest BCUT2D eigenvalue weighted by Gasteiger charge is 2.08. The van der Waals surface area contributed by atoms with Gasteiger partial charge >= 0.3 is 0 Å². The molecule has 0 aliphatic heterocycles. The summed E-state index contributed by atoms with van der Waals surface area (Å²) >= 11 is 21.6. The smallest absolute Gasteiger partial charge is 0.133 e. The van der Waals surface area contributed by atoms with Crippen LogP contribution in [0.5, 0.6) is 5.75 Å². The van der Waals surface area contributed by atoms with E-state index in [9.17, 15) is 0 Å². The molecule has 2 aromatic rings. The standard InChI is InChI=1S/C14H11BrCl3NO/c1-20-13-3-2-8(4-10(13)15)7-19-14-11(17)5-9(16)6-12(14)18/h2-6,19H,7H2,1H3. The van der Waals surface area contributed by atoms with Gasteiger partial charge in [-0.25, -0.2) is 0 Å². The Hall–Kier alpha value is -0.610. The fourth-order valence-electron chi connectivity index (χ4n) is 1.72. The van der Waals surface area contributed by atoms with Gasteiger partial charge in [0.25, 0.3) is 0 Å². The van der Waals surface area contributed by atoms with Crippen LogP contribution in [0.25, 0.3) is 0 Å². The lowest BCUT2D eigenvalue weighted by molar-refractivity contribution is 0.412. The molecule has 6 heteroatoms. The molecule has 2 aromatic carbocycles. The molecule has 0 aliphatic carbocycles. The van der Waals surface area contributed by atoms with E-state index in [-0.39, 0.29) is 0 Å². The third-order valence-electron chi connectivity index (χ3n) is 2.69. The van der Waals surface area contributed by atoms with E-state index in [1.165, 1.54) is 0 Å². The molecule has 0 heterocycles. The van der Waals surface area contributed by atoms with Crippen LogP contribution < -0.4 is 10.1 Å². The van der Waals surface area contributed by atoms with E-state index in [0.29, 0.717) is 27.3 Å². The molecule has 0 saturated heterocycles. The van der Waals surface area contributed by atoms with Crippen molar-refractivity contribution in [3.05, 3.63) is 55.4 Å². The Kier molecular flexibility index (Phi) is 5.44. The molecular formula is C14H11BrCl3NO. The molecule has 0 radical (unpaired) electrons. The predicted molar refractivity (Wildman–Crippen MR) is 89.5 cm³/mol. The van der Waals surface area contributed by atoms with Crippen LogP contribution in [0.4, 0.5) is 5.69 Å². The second-order valence-corrected chi connectivity index (χ2v) is 6.17. The fourth-order valence-corrected chi connectivity index (χ4v) is 3.26. The van der Waals surface area contributed by atoms with Crippen molar-refractivity contribution in [3.63, 3.8) is 0 Å². The first kappa shape index (κ1) is 15.8. The summed E-state index contributed by atoms with van der Waals surface area (Å²) in [5.74, 6) is 0.788. The zero-order valence-electron chi connectivity index (χ0n) is 10.5. The quantitative estimate of drug-likeness (QED) is 0.682. The van der Waals surface area contributed by atoms with Gasteiger partial charge < -0.3 is 10.1 Å². The van der Waals surface area contributed by atoms with E-state index in [2.05, 4.69) is 21.2 Å². The van der Waals surface area contributed by atoms with Crippen LogP contribution in [0.3, 0.4) is 0 Å². The Morgan fingerprint density at radius 3 is 2.30 bits per heavy atom. The second kappa shape index (κ2) is 6.90. The van der Waals surface area contributed by atoms with Gasteiger partial charge in [-0.05, 0) is 45.8 Å². The van der Waals surface area contributed by atoms with Crippen LogP contribution in [-0.4, -0.2) is 7.11 Å². The van der Waals surface area contributed by atoms with Crippen LogP contribution in [0.2, 0.25) is 15.1 Å². The first-order valence-electron chi connectivity index (χ1n) is 5.72. The Bertz CT molecular complexity index is 611. The molecule has 0 atom stereocenters. The lowest BCUT2D eigenvalue weighted by Gasteiger charge is -2.12. The molecule has 0 unspecified atom stereocenters. The first-order chi connectivity index (χ1) is 9.51. The molecule has 0 spiro atoms. The third-order valence-corrected chi connectivity index (χ3v) is 4.13. The monoisotopic (exact) mass is 393 g/mol. The molecule has 0 amide bonds. The molecule has 0 bridgehead atoms. The van der Waals surface area contributed by atoms with Crippen molar-refractivity contribution in [2.45, 2.75) is 6.54 Å². The van der Waals surface area contributed by atoms with Crippen LogP contribution >= 0.6 is 50.7 Å². The van der Waals surface area contributed by atoms with E-state index in [1.807, 2.05) is 18.2 Å². The fraction of sp³-hybridized carbons (Fsp3) is 0.143. The van der Waals surface area contributed by atoms with Crippen molar-refractivity contribution in [1.29, 1.82) is 0 Å². The van der Waals surface area contributed by atoms with Gasteiger partial charge in [0.15, 0.2) is 0 Å². The lowest BCUT2D eigenvalue weighted by atomic mass is 10.2. The van der Waals surface area contributed by atoms with Crippen LogP contribution in [0.1, 0.15) is 5.56 Å². The minimum Gasteiger partial charge on any atom is -0.496 e. The Labute approximate surface area is 141 Å². The van der Waals surface area contributed by atoms with Gasteiger partial charge in [-0.15, -0.1) is 0 Å². The van der Waals surface area contributed by atoms with E-state index >= 15 is 0 Å². The van der Waals surface area contributed by atoms with E-state index in [4.69, 9.17) is 39.5 Å². The largest absolute Gasteiger partial charge is 0.496 e. The number of halogens is 4. The highest BCUT2D eigenvalue weighted by atomic mass is 79.9. The van der Waals surface area contributed by atoms with Crippen LogP contribution in [0, 0.1) is 0 Å². The minimum atomic E-state index is 0.495. The summed E-state index contributed by atoms with van der Waals surface area (Å²) in [6.45, 7) is 0.587. The van der Waals surface area contributed by atoms with Crippen molar-refractivity contribution < 1.29 is 4.74 Å². The zero-order valence-corrected chi connectivity index (χ0v) is 14.4. The molecule has 0 aromatic heterocycles. The average Bonchev–Trinajstić information content (AvgIpc) is 2.37. The summed E-state index contributed by atoms with van der Waals surface area (Å²) in [6.07, 6.45) is 0. The number of benzene rings is 2. The number of nitrogens with one attached hydrogen (secondary N) is 1. The third kappa shape index (κ3) is 3.73. The molecule has 0 aliphatic rings. The Balaban J connectivity index is 2.15. The normalized spacial score (nSPS) is 10.4. The van der Waals surface area contributed by atoms with Gasteiger partial charge in [-0.1, -0.05) is 40.9 Å². The summed E-state index contributed by atoms with van der Waals surface area (Å²) in [4.78, 5) is 0. The van der Waals surface area contributed by atoms with Gasteiger partial charge in [0.05, 0.1) is 27.3 Å². The minimum absolute atomic E-state index is 0.495. The number of methoxy groups -OCH3 is 1. The SMILES string of the molecule is COc1ccc(CNc2c(Cl)cc(Cl)cc2Cl)cc1Br. The highest BCUT2D eigenvalue weighted by Crippen LogP contribution is 2.34. The first-order valence-corrected chi connectivity index (χ1v) is 7.65. The van der Waals surface area contributed by atoms with Crippen molar-refractivity contribution in [3.8, 4) is 5.75 Å². The van der Waals surface area contributed by atoms with Gasteiger partial charge in [0.1, 0.15) is 5.75 Å². The molecule has 2 nitrogen and oxygen atoms in total. The molecule has 2 rings (SSSR count). The van der Waals surface area contributed by atoms with E-state index in [0.717, 1.165) is 15.8 Å². The Morgan fingerprint density at radius 1 is 1.10 bits per heavy atom. The van der Waals surface area contributed by atoms with Crippen molar-refractivity contribution in [2.75, 3.05) is 12.4 Å².